The third-order valence-electron chi connectivity index (χ3n) is 6.33. The van der Waals surface area contributed by atoms with Crippen molar-refractivity contribution in [1.82, 2.24) is 5.32 Å². The minimum Gasteiger partial charge on any atom is -0.469 e. The molecule has 0 aliphatic rings. The van der Waals surface area contributed by atoms with Gasteiger partial charge < -0.3 is 10.1 Å². The van der Waals surface area contributed by atoms with Crippen molar-refractivity contribution in [2.75, 3.05) is 13.7 Å². The molecule has 2 atom stereocenters. The van der Waals surface area contributed by atoms with Crippen LogP contribution in [-0.2, 0) is 19.1 Å². The highest BCUT2D eigenvalue weighted by atomic mass is 16.5. The Hall–Kier alpha value is -1.39. The molecule has 0 rings (SSSR count). The number of carbonyl (C=O) groups is 3. The number of rotatable bonds is 21. The number of ketones is 1. The van der Waals surface area contributed by atoms with Gasteiger partial charge in [-0.1, -0.05) is 78.6 Å². The number of hydrogen-bond acceptors (Lipinski definition) is 4. The fourth-order valence-electron chi connectivity index (χ4n) is 4.15. The third kappa shape index (κ3) is 16.9. The molecule has 0 heterocycles. The second-order valence-corrected chi connectivity index (χ2v) is 8.89. The van der Waals surface area contributed by atoms with E-state index in [0.717, 1.165) is 44.9 Å². The minimum atomic E-state index is -0.202. The summed E-state index contributed by atoms with van der Waals surface area (Å²) >= 11 is 0. The monoisotopic (exact) mass is 439 g/mol. The van der Waals surface area contributed by atoms with Gasteiger partial charge in [0.1, 0.15) is 5.78 Å². The van der Waals surface area contributed by atoms with Gasteiger partial charge in [-0.2, -0.15) is 0 Å². The van der Waals surface area contributed by atoms with Crippen LogP contribution < -0.4 is 5.32 Å². The molecule has 31 heavy (non-hydrogen) atoms. The van der Waals surface area contributed by atoms with E-state index in [-0.39, 0.29) is 23.7 Å². The van der Waals surface area contributed by atoms with Crippen molar-refractivity contribution in [2.45, 2.75) is 124 Å². The van der Waals surface area contributed by atoms with Crippen LogP contribution in [0.25, 0.3) is 0 Å². The number of nitrogens with one attached hydrogen (secondary N) is 1. The topological polar surface area (TPSA) is 72.5 Å². The predicted octanol–water partition coefficient (Wildman–Crippen LogP) is 6.38. The van der Waals surface area contributed by atoms with Gasteiger partial charge in [0.05, 0.1) is 7.11 Å². The molecule has 1 N–H and O–H groups in total. The molecule has 0 aliphatic heterocycles. The van der Waals surface area contributed by atoms with E-state index in [1.807, 2.05) is 0 Å². The van der Waals surface area contributed by atoms with Crippen molar-refractivity contribution in [2.24, 2.45) is 11.8 Å². The van der Waals surface area contributed by atoms with Crippen molar-refractivity contribution in [3.05, 3.63) is 0 Å². The van der Waals surface area contributed by atoms with Gasteiger partial charge in [0.15, 0.2) is 0 Å². The van der Waals surface area contributed by atoms with E-state index >= 15 is 0 Å². The van der Waals surface area contributed by atoms with Gasteiger partial charge in [-0.05, 0) is 31.1 Å². The van der Waals surface area contributed by atoms with Crippen molar-refractivity contribution < 1.29 is 19.1 Å². The van der Waals surface area contributed by atoms with E-state index in [1.54, 1.807) is 0 Å². The molecule has 0 radical (unpaired) electrons. The maximum absolute atomic E-state index is 12.3. The Kier molecular flexibility index (Phi) is 19.6. The highest BCUT2D eigenvalue weighted by Gasteiger charge is 2.24. The van der Waals surface area contributed by atoms with Crippen molar-refractivity contribution >= 4 is 17.7 Å². The first-order valence-corrected chi connectivity index (χ1v) is 12.8. The molecule has 0 spiro atoms. The first-order chi connectivity index (χ1) is 15.0. The van der Waals surface area contributed by atoms with E-state index in [0.29, 0.717) is 31.6 Å². The van der Waals surface area contributed by atoms with Crippen LogP contribution >= 0.6 is 0 Å². The molecule has 0 saturated heterocycles. The van der Waals surface area contributed by atoms with Gasteiger partial charge in [0.2, 0.25) is 5.91 Å². The summed E-state index contributed by atoms with van der Waals surface area (Å²) in [5.74, 6) is 0.635. The molecular weight excluding hydrogens is 390 g/mol. The van der Waals surface area contributed by atoms with Gasteiger partial charge in [-0.15, -0.1) is 0 Å². The maximum Gasteiger partial charge on any atom is 0.305 e. The van der Waals surface area contributed by atoms with Crippen LogP contribution in [0.5, 0.6) is 0 Å². The van der Waals surface area contributed by atoms with Gasteiger partial charge in [0.25, 0.3) is 0 Å². The molecule has 0 aliphatic carbocycles. The van der Waals surface area contributed by atoms with Gasteiger partial charge >= 0.3 is 5.97 Å². The Balaban J connectivity index is 3.79. The van der Waals surface area contributed by atoms with E-state index < -0.39 is 0 Å². The van der Waals surface area contributed by atoms with Crippen molar-refractivity contribution in [1.29, 1.82) is 0 Å². The molecule has 0 aromatic rings. The molecule has 0 saturated carbocycles. The number of amides is 1. The second-order valence-electron chi connectivity index (χ2n) is 8.89. The summed E-state index contributed by atoms with van der Waals surface area (Å²) in [7, 11) is 1.41. The minimum absolute atomic E-state index is 0.0604. The lowest BCUT2D eigenvalue weighted by molar-refractivity contribution is -0.142. The fourth-order valence-corrected chi connectivity index (χ4v) is 4.15. The third-order valence-corrected chi connectivity index (χ3v) is 6.33. The van der Waals surface area contributed by atoms with Crippen LogP contribution in [-0.4, -0.2) is 31.3 Å². The smallest absolute Gasteiger partial charge is 0.305 e. The first kappa shape index (κ1) is 29.6. The van der Waals surface area contributed by atoms with Gasteiger partial charge in [-0.25, -0.2) is 0 Å². The zero-order chi connectivity index (χ0) is 23.3. The molecule has 5 heteroatoms. The maximum atomic E-state index is 12.3. The molecular formula is C26H49NO4. The summed E-state index contributed by atoms with van der Waals surface area (Å²) in [6, 6.07) is 0. The van der Waals surface area contributed by atoms with E-state index in [2.05, 4.69) is 26.1 Å². The molecule has 5 nitrogen and oxygen atoms in total. The summed E-state index contributed by atoms with van der Waals surface area (Å²) < 4.78 is 4.78. The number of esters is 1. The molecule has 0 bridgehead atoms. The molecule has 0 aromatic heterocycles. The number of carbonyl (C=O) groups excluding carboxylic acids is 3. The normalized spacial score (nSPS) is 12.9. The van der Waals surface area contributed by atoms with Crippen molar-refractivity contribution in [3.63, 3.8) is 0 Å². The highest BCUT2D eigenvalue weighted by molar-refractivity contribution is 5.78. The summed E-state index contributed by atoms with van der Waals surface area (Å²) in [6.07, 6.45) is 15.5. The zero-order valence-electron chi connectivity index (χ0n) is 20.8. The number of unbranched alkanes of at least 4 members (excludes halogenated alkanes) is 8. The summed E-state index contributed by atoms with van der Waals surface area (Å²) in [5, 5.41) is 3.00. The molecule has 1 amide bonds. The molecule has 2 unspecified atom stereocenters. The molecule has 0 aromatic carbocycles. The van der Waals surface area contributed by atoms with Crippen LogP contribution in [0.15, 0.2) is 0 Å². The van der Waals surface area contributed by atoms with Crippen LogP contribution in [0.2, 0.25) is 0 Å². The first-order valence-electron chi connectivity index (χ1n) is 12.8. The van der Waals surface area contributed by atoms with Crippen LogP contribution in [0.4, 0.5) is 0 Å². The van der Waals surface area contributed by atoms with Crippen molar-refractivity contribution in [3.8, 4) is 0 Å². The molecule has 0 fully saturated rings. The van der Waals surface area contributed by atoms with Crippen LogP contribution in [0, 0.1) is 11.8 Å². The predicted molar refractivity (Wildman–Crippen MR) is 128 cm³/mol. The summed E-state index contributed by atoms with van der Waals surface area (Å²) in [4.78, 5) is 35.8. The Morgan fingerprint density at radius 3 is 1.77 bits per heavy atom. The lowest BCUT2D eigenvalue weighted by Crippen LogP contribution is -2.29. The Labute approximate surface area is 191 Å². The molecule has 182 valence electrons. The van der Waals surface area contributed by atoms with Crippen LogP contribution in [0.3, 0.4) is 0 Å². The fraction of sp³-hybridized carbons (Fsp3) is 0.885. The van der Waals surface area contributed by atoms with Crippen LogP contribution in [0.1, 0.15) is 124 Å². The summed E-state index contributed by atoms with van der Waals surface area (Å²) in [6.45, 7) is 7.02. The zero-order valence-corrected chi connectivity index (χ0v) is 20.8. The Bertz CT molecular complexity index is 478. The lowest BCUT2D eigenvalue weighted by Gasteiger charge is -2.24. The van der Waals surface area contributed by atoms with E-state index in [9.17, 15) is 14.4 Å². The standard InChI is InChI=1S/C26H49NO4/c1-5-8-9-10-11-12-14-17-24(28)18-15-13-16-19-27-25(29)20-22(6-2)23(7-3)21-26(30)31-4/h22-23H,5-21H2,1-4H3,(H,27,29). The number of Topliss-reactive ketones (excluding diaryl/α,β-unsaturated/α-hetero) is 1. The second kappa shape index (κ2) is 20.5. The van der Waals surface area contributed by atoms with Gasteiger partial charge in [-0.3, -0.25) is 14.4 Å². The highest BCUT2D eigenvalue weighted by Crippen LogP contribution is 2.26. The Morgan fingerprint density at radius 1 is 0.710 bits per heavy atom. The van der Waals surface area contributed by atoms with E-state index in [1.165, 1.54) is 45.6 Å². The summed E-state index contributed by atoms with van der Waals surface area (Å²) in [5.41, 5.74) is 0. The average molecular weight is 440 g/mol. The lowest BCUT2D eigenvalue weighted by atomic mass is 9.83. The largest absolute Gasteiger partial charge is 0.469 e. The number of methoxy groups -OCH3 is 1. The SMILES string of the molecule is CCCCCCCCCC(=O)CCCCCNC(=O)CC(CC)C(CC)CC(=O)OC. The number of ether oxygens (including phenoxy) is 1. The average Bonchev–Trinajstić information content (AvgIpc) is 2.77. The van der Waals surface area contributed by atoms with Gasteiger partial charge in [0, 0.05) is 32.2 Å². The van der Waals surface area contributed by atoms with E-state index in [4.69, 9.17) is 4.74 Å². The Morgan fingerprint density at radius 2 is 1.23 bits per heavy atom. The quantitative estimate of drug-likeness (QED) is 0.166. The number of hydrogen-bond donors (Lipinski definition) is 1.